The van der Waals surface area contributed by atoms with Gasteiger partial charge in [-0.3, -0.25) is 4.79 Å². The number of anilines is 1. The van der Waals surface area contributed by atoms with E-state index in [0.29, 0.717) is 24.4 Å². The number of hydrogen-bond donors (Lipinski definition) is 2. The lowest BCUT2D eigenvalue weighted by atomic mass is 9.99. The second kappa shape index (κ2) is 8.36. The van der Waals surface area contributed by atoms with Crippen molar-refractivity contribution < 1.29 is 4.79 Å². The van der Waals surface area contributed by atoms with Crippen molar-refractivity contribution in [1.29, 1.82) is 0 Å². The summed E-state index contributed by atoms with van der Waals surface area (Å²) in [5.41, 5.74) is 11.6. The Bertz CT molecular complexity index is 1180. The van der Waals surface area contributed by atoms with Gasteiger partial charge in [0.25, 0.3) is 0 Å². The van der Waals surface area contributed by atoms with Gasteiger partial charge in [-0.2, -0.15) is 0 Å². The summed E-state index contributed by atoms with van der Waals surface area (Å²) in [6.45, 7) is 0.611. The first-order valence-corrected chi connectivity index (χ1v) is 9.88. The third kappa shape index (κ3) is 4.09. The molecule has 0 fully saturated rings. The summed E-state index contributed by atoms with van der Waals surface area (Å²) in [5, 5.41) is 3.42. The number of nitrogen functional groups attached to an aromatic ring is 1. The predicted octanol–water partition coefficient (Wildman–Crippen LogP) is 3.99. The van der Waals surface area contributed by atoms with Gasteiger partial charge in [-0.05, 0) is 41.3 Å². The number of fused-ring (bicyclic) bond motifs is 1. The number of hydrogen-bond acceptors (Lipinski definition) is 5. The first kappa shape index (κ1) is 19.0. The molecule has 0 atom stereocenters. The summed E-state index contributed by atoms with van der Waals surface area (Å²) < 4.78 is 0.977. The van der Waals surface area contributed by atoms with Crippen LogP contribution in [0, 0.1) is 0 Å². The molecule has 1 amide bonds. The molecule has 144 valence electrons. The number of nitrogens with one attached hydrogen (secondary N) is 1. The Morgan fingerprint density at radius 3 is 2.62 bits per heavy atom. The minimum absolute atomic E-state index is 0.405. The maximum Gasteiger partial charge on any atom is 0.207 e. The number of amides is 1. The van der Waals surface area contributed by atoms with Crippen molar-refractivity contribution in [2.45, 2.75) is 6.42 Å². The van der Waals surface area contributed by atoms with Crippen LogP contribution in [-0.2, 0) is 11.2 Å². The zero-order chi connectivity index (χ0) is 20.2. The number of pyridine rings is 1. The first-order valence-electron chi connectivity index (χ1n) is 9.09. The second-order valence-corrected chi connectivity index (χ2v) is 7.46. The molecule has 4 aromatic rings. The molecular weight excluding hydrogens is 430 g/mol. The maximum absolute atomic E-state index is 10.4. The van der Waals surface area contributed by atoms with Crippen LogP contribution in [0.25, 0.3) is 33.4 Å². The van der Waals surface area contributed by atoms with Crippen LogP contribution < -0.4 is 11.1 Å². The fourth-order valence-electron chi connectivity index (χ4n) is 3.24. The second-order valence-electron chi connectivity index (χ2n) is 6.54. The topological polar surface area (TPSA) is 93.8 Å². The van der Waals surface area contributed by atoms with Crippen molar-refractivity contribution in [3.8, 4) is 22.4 Å². The summed E-state index contributed by atoms with van der Waals surface area (Å²) in [6, 6.07) is 18.2. The van der Waals surface area contributed by atoms with Gasteiger partial charge in [-0.15, -0.1) is 0 Å². The van der Waals surface area contributed by atoms with Crippen LogP contribution in [0.5, 0.6) is 0 Å². The van der Waals surface area contributed by atoms with E-state index in [4.69, 9.17) is 10.7 Å². The van der Waals surface area contributed by atoms with Crippen molar-refractivity contribution >= 4 is 39.2 Å². The highest BCUT2D eigenvalue weighted by atomic mass is 79.9. The SMILES string of the molecule is Nc1ncnc2nc(-c3ccc(CCNC=O)cc3)cc(-c3cccc(Br)c3)c12. The van der Waals surface area contributed by atoms with Gasteiger partial charge in [0.05, 0.1) is 11.1 Å². The molecule has 0 aliphatic heterocycles. The number of halogens is 1. The molecular formula is C22H18BrN5O. The van der Waals surface area contributed by atoms with Crippen molar-refractivity contribution in [1.82, 2.24) is 20.3 Å². The fourth-order valence-corrected chi connectivity index (χ4v) is 3.64. The van der Waals surface area contributed by atoms with E-state index in [-0.39, 0.29) is 0 Å². The van der Waals surface area contributed by atoms with Crippen LogP contribution in [0.2, 0.25) is 0 Å². The van der Waals surface area contributed by atoms with E-state index >= 15 is 0 Å². The number of benzene rings is 2. The molecule has 4 rings (SSSR count). The Kier molecular flexibility index (Phi) is 5.48. The average Bonchev–Trinajstić information content (AvgIpc) is 2.74. The molecule has 0 spiro atoms. The number of carbonyl (C=O) groups is 1. The smallest absolute Gasteiger partial charge is 0.207 e. The summed E-state index contributed by atoms with van der Waals surface area (Å²) in [5.74, 6) is 0.405. The molecule has 2 aromatic carbocycles. The lowest BCUT2D eigenvalue weighted by Gasteiger charge is -2.12. The standard InChI is InChI=1S/C22H18BrN5O/c23-17-3-1-2-16(10-17)18-11-19(28-22-20(18)21(24)26-12-27-22)15-6-4-14(5-7-15)8-9-25-13-29/h1-7,10-13H,8-9H2,(H,25,29)(H2,24,26,27,28). The first-order chi connectivity index (χ1) is 14.2. The molecule has 2 aromatic heterocycles. The van der Waals surface area contributed by atoms with Gasteiger partial charge in [0.15, 0.2) is 5.65 Å². The fraction of sp³-hybridized carbons (Fsp3) is 0.0909. The molecule has 3 N–H and O–H groups in total. The number of rotatable bonds is 6. The molecule has 7 heteroatoms. The maximum atomic E-state index is 10.4. The lowest BCUT2D eigenvalue weighted by molar-refractivity contribution is -0.109. The molecule has 0 bridgehead atoms. The Morgan fingerprint density at radius 1 is 1.03 bits per heavy atom. The van der Waals surface area contributed by atoms with Crippen LogP contribution in [-0.4, -0.2) is 27.9 Å². The number of aromatic nitrogens is 3. The Hall–Kier alpha value is -3.32. The zero-order valence-electron chi connectivity index (χ0n) is 15.5. The van der Waals surface area contributed by atoms with Gasteiger partial charge in [0.2, 0.25) is 6.41 Å². The molecule has 0 aliphatic rings. The predicted molar refractivity (Wildman–Crippen MR) is 118 cm³/mol. The summed E-state index contributed by atoms with van der Waals surface area (Å²) in [4.78, 5) is 23.6. The summed E-state index contributed by atoms with van der Waals surface area (Å²) in [7, 11) is 0. The van der Waals surface area contributed by atoms with Gasteiger partial charge in [-0.1, -0.05) is 52.3 Å². The summed E-state index contributed by atoms with van der Waals surface area (Å²) >= 11 is 3.53. The highest BCUT2D eigenvalue weighted by Crippen LogP contribution is 2.34. The third-order valence-corrected chi connectivity index (χ3v) is 5.15. The van der Waals surface area contributed by atoms with E-state index in [0.717, 1.165) is 44.2 Å². The molecule has 2 heterocycles. The van der Waals surface area contributed by atoms with Crippen LogP contribution in [0.15, 0.2) is 65.4 Å². The average molecular weight is 448 g/mol. The van der Waals surface area contributed by atoms with Gasteiger partial charge < -0.3 is 11.1 Å². The highest BCUT2D eigenvalue weighted by Gasteiger charge is 2.14. The van der Waals surface area contributed by atoms with E-state index in [1.165, 1.54) is 6.33 Å². The van der Waals surface area contributed by atoms with E-state index in [9.17, 15) is 4.79 Å². The van der Waals surface area contributed by atoms with Crippen molar-refractivity contribution in [2.75, 3.05) is 12.3 Å². The Balaban J connectivity index is 1.81. The van der Waals surface area contributed by atoms with Crippen LogP contribution >= 0.6 is 15.9 Å². The monoisotopic (exact) mass is 447 g/mol. The Morgan fingerprint density at radius 2 is 1.86 bits per heavy atom. The van der Waals surface area contributed by atoms with Gasteiger partial charge in [0.1, 0.15) is 12.1 Å². The highest BCUT2D eigenvalue weighted by molar-refractivity contribution is 9.10. The largest absolute Gasteiger partial charge is 0.383 e. The molecule has 0 aliphatic carbocycles. The van der Waals surface area contributed by atoms with Crippen molar-refractivity contribution in [3.63, 3.8) is 0 Å². The lowest BCUT2D eigenvalue weighted by Crippen LogP contribution is -2.14. The van der Waals surface area contributed by atoms with Crippen molar-refractivity contribution in [2.24, 2.45) is 0 Å². The third-order valence-electron chi connectivity index (χ3n) is 4.66. The number of nitrogens with two attached hydrogens (primary N) is 1. The zero-order valence-corrected chi connectivity index (χ0v) is 17.1. The van der Waals surface area contributed by atoms with E-state index < -0.39 is 0 Å². The van der Waals surface area contributed by atoms with Crippen LogP contribution in [0.1, 0.15) is 5.56 Å². The number of nitrogens with zero attached hydrogens (tertiary/aromatic N) is 3. The van der Waals surface area contributed by atoms with E-state index in [1.807, 2.05) is 54.6 Å². The van der Waals surface area contributed by atoms with E-state index in [1.54, 1.807) is 0 Å². The Labute approximate surface area is 176 Å². The minimum atomic E-state index is 0.405. The van der Waals surface area contributed by atoms with Crippen LogP contribution in [0.3, 0.4) is 0 Å². The minimum Gasteiger partial charge on any atom is -0.383 e. The van der Waals surface area contributed by atoms with Gasteiger partial charge in [-0.25, -0.2) is 15.0 Å². The normalized spacial score (nSPS) is 10.8. The van der Waals surface area contributed by atoms with Gasteiger partial charge >= 0.3 is 0 Å². The van der Waals surface area contributed by atoms with Crippen LogP contribution in [0.4, 0.5) is 5.82 Å². The molecule has 0 radical (unpaired) electrons. The molecule has 0 unspecified atom stereocenters. The quantitative estimate of drug-likeness (QED) is 0.344. The molecule has 29 heavy (non-hydrogen) atoms. The molecule has 0 saturated heterocycles. The van der Waals surface area contributed by atoms with Gasteiger partial charge in [0, 0.05) is 16.6 Å². The molecule has 6 nitrogen and oxygen atoms in total. The number of carbonyl (C=O) groups excluding carboxylic acids is 1. The molecule has 0 saturated carbocycles. The van der Waals surface area contributed by atoms with E-state index in [2.05, 4.69) is 31.2 Å². The van der Waals surface area contributed by atoms with Crippen molar-refractivity contribution in [3.05, 3.63) is 71.0 Å². The summed E-state index contributed by atoms with van der Waals surface area (Å²) in [6.07, 6.45) is 2.92.